The molecule has 2 rings (SSSR count). The van der Waals surface area contributed by atoms with Crippen LogP contribution in [-0.2, 0) is 26.1 Å². The highest BCUT2D eigenvalue weighted by Crippen LogP contribution is 2.38. The zero-order valence-corrected chi connectivity index (χ0v) is 16.9. The molecule has 1 aromatic heterocycles. The van der Waals surface area contributed by atoms with Gasteiger partial charge >= 0.3 is 12.1 Å². The molecule has 136 valence electrons. The maximum absolute atomic E-state index is 12.5. The molecule has 0 saturated heterocycles. The van der Waals surface area contributed by atoms with Crippen molar-refractivity contribution in [3.63, 3.8) is 0 Å². The summed E-state index contributed by atoms with van der Waals surface area (Å²) in [5.74, 6) is -0.324. The summed E-state index contributed by atoms with van der Waals surface area (Å²) in [7, 11) is 0. The lowest BCUT2D eigenvalue weighted by molar-refractivity contribution is -0.142. The van der Waals surface area contributed by atoms with E-state index < -0.39 is 6.09 Å². The number of carbonyl (C=O) groups excluding carboxylic acids is 2. The van der Waals surface area contributed by atoms with Crippen molar-refractivity contribution in [2.45, 2.75) is 46.5 Å². The molecule has 0 atom stereocenters. The minimum Gasteiger partial charge on any atom is -0.466 e. The number of hydrogen-bond acceptors (Lipinski definition) is 4. The second kappa shape index (κ2) is 7.60. The Bertz CT molecular complexity index is 802. The summed E-state index contributed by atoms with van der Waals surface area (Å²) in [6, 6.07) is 5.80. The predicted molar refractivity (Wildman–Crippen MR) is 101 cm³/mol. The molecule has 0 fully saturated rings. The van der Waals surface area contributed by atoms with Crippen LogP contribution >= 0.6 is 15.9 Å². The van der Waals surface area contributed by atoms with Gasteiger partial charge in [0.15, 0.2) is 0 Å². The smallest absolute Gasteiger partial charge is 0.419 e. The third-order valence-corrected chi connectivity index (χ3v) is 4.75. The van der Waals surface area contributed by atoms with Crippen molar-refractivity contribution in [3.05, 3.63) is 33.9 Å². The van der Waals surface area contributed by atoms with Crippen LogP contribution in [0.1, 0.15) is 45.7 Å². The van der Waals surface area contributed by atoms with Crippen LogP contribution in [0.25, 0.3) is 10.9 Å². The van der Waals surface area contributed by atoms with E-state index in [4.69, 9.17) is 9.47 Å². The van der Waals surface area contributed by atoms with Crippen molar-refractivity contribution in [2.75, 3.05) is 13.2 Å². The van der Waals surface area contributed by atoms with Gasteiger partial charge in [-0.15, -0.1) is 0 Å². The Kier molecular flexibility index (Phi) is 5.93. The molecule has 1 heterocycles. The van der Waals surface area contributed by atoms with Gasteiger partial charge < -0.3 is 9.47 Å². The number of esters is 1. The molecule has 6 heteroatoms. The molecule has 0 bridgehead atoms. The first-order valence-corrected chi connectivity index (χ1v) is 9.16. The summed E-state index contributed by atoms with van der Waals surface area (Å²) in [6.07, 6.45) is -0.384. The van der Waals surface area contributed by atoms with Crippen LogP contribution in [0.3, 0.4) is 0 Å². The van der Waals surface area contributed by atoms with Gasteiger partial charge in [-0.05, 0) is 46.8 Å². The highest BCUT2D eigenvalue weighted by molar-refractivity contribution is 9.10. The number of hydrogen-bond donors (Lipinski definition) is 0. The third-order valence-electron chi connectivity index (χ3n) is 3.92. The Morgan fingerprint density at radius 2 is 1.76 bits per heavy atom. The molecule has 0 aliphatic heterocycles. The number of benzene rings is 1. The molecule has 5 nitrogen and oxygen atoms in total. The SMILES string of the molecule is CCOC(=O)Cc1c(Br)n(C(=O)OCC)c2cccc(C(C)(C)C)c12. The molecular formula is C19H24BrNO4. The van der Waals surface area contributed by atoms with Gasteiger partial charge in [0.05, 0.1) is 29.8 Å². The van der Waals surface area contributed by atoms with E-state index in [2.05, 4.69) is 36.7 Å². The molecule has 0 unspecified atom stereocenters. The van der Waals surface area contributed by atoms with E-state index in [0.29, 0.717) is 11.2 Å². The maximum atomic E-state index is 12.5. The van der Waals surface area contributed by atoms with Crippen LogP contribution in [0.2, 0.25) is 0 Å². The third kappa shape index (κ3) is 3.89. The van der Waals surface area contributed by atoms with Gasteiger partial charge in [-0.3, -0.25) is 4.79 Å². The minimum absolute atomic E-state index is 0.0877. The van der Waals surface area contributed by atoms with Crippen molar-refractivity contribution in [1.29, 1.82) is 0 Å². The van der Waals surface area contributed by atoms with Crippen LogP contribution in [-0.4, -0.2) is 29.8 Å². The van der Waals surface area contributed by atoms with Gasteiger partial charge in [-0.25, -0.2) is 9.36 Å². The fraction of sp³-hybridized carbons (Fsp3) is 0.474. The lowest BCUT2D eigenvalue weighted by Crippen LogP contribution is -2.14. The van der Waals surface area contributed by atoms with E-state index in [9.17, 15) is 9.59 Å². The number of halogens is 1. The molecule has 1 aromatic carbocycles. The quantitative estimate of drug-likeness (QED) is 0.679. The lowest BCUT2D eigenvalue weighted by Gasteiger charge is -2.21. The van der Waals surface area contributed by atoms with E-state index in [1.807, 2.05) is 18.2 Å². The van der Waals surface area contributed by atoms with E-state index in [1.165, 1.54) is 4.57 Å². The fourth-order valence-electron chi connectivity index (χ4n) is 2.90. The summed E-state index contributed by atoms with van der Waals surface area (Å²) in [5, 5.41) is 0.892. The molecule has 0 N–H and O–H groups in total. The molecule has 0 spiro atoms. The number of fused-ring (bicyclic) bond motifs is 1. The number of ether oxygens (including phenoxy) is 2. The van der Waals surface area contributed by atoms with Gasteiger partial charge in [-0.2, -0.15) is 0 Å². The van der Waals surface area contributed by atoms with Crippen molar-refractivity contribution in [2.24, 2.45) is 0 Å². The number of rotatable bonds is 4. The van der Waals surface area contributed by atoms with E-state index in [0.717, 1.165) is 22.0 Å². The maximum Gasteiger partial charge on any atom is 0.419 e. The second-order valence-corrected chi connectivity index (χ2v) is 7.49. The van der Waals surface area contributed by atoms with Gasteiger partial charge in [0, 0.05) is 10.9 Å². The Labute approximate surface area is 156 Å². The van der Waals surface area contributed by atoms with Crippen molar-refractivity contribution in [1.82, 2.24) is 4.57 Å². The van der Waals surface area contributed by atoms with Crippen molar-refractivity contribution >= 4 is 38.9 Å². The van der Waals surface area contributed by atoms with E-state index >= 15 is 0 Å². The van der Waals surface area contributed by atoms with Gasteiger partial charge in [0.2, 0.25) is 0 Å². The van der Waals surface area contributed by atoms with Crippen molar-refractivity contribution in [3.8, 4) is 0 Å². The predicted octanol–water partition coefficient (Wildman–Crippen LogP) is 4.81. The largest absolute Gasteiger partial charge is 0.466 e. The zero-order valence-electron chi connectivity index (χ0n) is 15.3. The molecule has 0 radical (unpaired) electrons. The average molecular weight is 410 g/mol. The fourth-order valence-corrected chi connectivity index (χ4v) is 3.57. The van der Waals surface area contributed by atoms with Crippen LogP contribution in [0, 0.1) is 0 Å². The Morgan fingerprint density at radius 1 is 1.12 bits per heavy atom. The highest BCUT2D eigenvalue weighted by atomic mass is 79.9. The van der Waals surface area contributed by atoms with Gasteiger partial charge in [-0.1, -0.05) is 32.9 Å². The monoisotopic (exact) mass is 409 g/mol. The van der Waals surface area contributed by atoms with Crippen LogP contribution < -0.4 is 0 Å². The van der Waals surface area contributed by atoms with Gasteiger partial charge in [0.1, 0.15) is 0 Å². The first-order valence-electron chi connectivity index (χ1n) is 8.37. The summed E-state index contributed by atoms with van der Waals surface area (Å²) >= 11 is 3.50. The van der Waals surface area contributed by atoms with E-state index in [1.54, 1.807) is 13.8 Å². The Balaban J connectivity index is 2.77. The highest BCUT2D eigenvalue weighted by Gasteiger charge is 2.27. The molecule has 25 heavy (non-hydrogen) atoms. The topological polar surface area (TPSA) is 57.5 Å². The zero-order chi connectivity index (χ0) is 18.8. The Hall–Kier alpha value is -1.82. The number of carbonyl (C=O) groups is 2. The number of nitrogens with zero attached hydrogens (tertiary/aromatic N) is 1. The normalized spacial score (nSPS) is 11.6. The van der Waals surface area contributed by atoms with Gasteiger partial charge in [0.25, 0.3) is 0 Å². The minimum atomic E-state index is -0.472. The van der Waals surface area contributed by atoms with E-state index in [-0.39, 0.29) is 24.4 Å². The summed E-state index contributed by atoms with van der Waals surface area (Å²) in [5.41, 5.74) is 2.38. The molecule has 0 aliphatic carbocycles. The molecule has 0 saturated carbocycles. The first-order chi connectivity index (χ1) is 11.7. The summed E-state index contributed by atoms with van der Waals surface area (Å²) in [4.78, 5) is 24.6. The summed E-state index contributed by atoms with van der Waals surface area (Å²) in [6.45, 7) is 10.4. The molecule has 0 aliphatic rings. The van der Waals surface area contributed by atoms with Crippen LogP contribution in [0.4, 0.5) is 4.79 Å². The average Bonchev–Trinajstić information content (AvgIpc) is 2.79. The van der Waals surface area contributed by atoms with Crippen LogP contribution in [0.15, 0.2) is 22.8 Å². The summed E-state index contributed by atoms with van der Waals surface area (Å²) < 4.78 is 12.3. The standard InChI is InChI=1S/C19H24BrNO4/c1-6-24-15(22)11-12-16-13(19(3,4)5)9-8-10-14(16)21(17(12)20)18(23)25-7-2/h8-10H,6-7,11H2,1-5H3. The second-order valence-electron chi connectivity index (χ2n) is 6.74. The lowest BCUT2D eigenvalue weighted by atomic mass is 9.83. The Morgan fingerprint density at radius 3 is 2.32 bits per heavy atom. The van der Waals surface area contributed by atoms with Crippen molar-refractivity contribution < 1.29 is 19.1 Å². The molecule has 0 amide bonds. The molecular weight excluding hydrogens is 386 g/mol. The molecule has 2 aromatic rings. The first kappa shape index (κ1) is 19.5. The van der Waals surface area contributed by atoms with Crippen LogP contribution in [0.5, 0.6) is 0 Å². The number of aromatic nitrogens is 1.